The Bertz CT molecular complexity index is 625. The van der Waals surface area contributed by atoms with Crippen LogP contribution in [-0.4, -0.2) is 23.1 Å². The molecule has 0 saturated carbocycles. The first-order chi connectivity index (χ1) is 9.90. The zero-order chi connectivity index (χ0) is 15.2. The van der Waals surface area contributed by atoms with Crippen LogP contribution in [0.2, 0.25) is 0 Å². The fourth-order valence-corrected chi connectivity index (χ4v) is 3.48. The van der Waals surface area contributed by atoms with Crippen LogP contribution in [0.15, 0.2) is 18.2 Å². The van der Waals surface area contributed by atoms with Crippen molar-refractivity contribution in [3.63, 3.8) is 0 Å². The molecular formula is C17H20N2O2. The number of nitrogens with zero attached hydrogens (tertiary/aromatic N) is 2. The number of benzene rings is 1. The minimum absolute atomic E-state index is 0.0801. The summed E-state index contributed by atoms with van der Waals surface area (Å²) in [6.07, 6.45) is 1.64. The maximum absolute atomic E-state index is 12.4. The number of hydrogen-bond donors (Lipinski definition) is 0. The summed E-state index contributed by atoms with van der Waals surface area (Å²) < 4.78 is 5.53. The van der Waals surface area contributed by atoms with Gasteiger partial charge in [-0.15, -0.1) is 0 Å². The van der Waals surface area contributed by atoms with E-state index in [1.165, 1.54) is 0 Å². The third-order valence-corrected chi connectivity index (χ3v) is 4.24. The summed E-state index contributed by atoms with van der Waals surface area (Å²) in [5, 5.41) is 0. The molecule has 3 rings (SSSR count). The highest BCUT2D eigenvalue weighted by molar-refractivity contribution is 5.71. The molecule has 21 heavy (non-hydrogen) atoms. The Hall–Kier alpha value is -2.02. The highest BCUT2D eigenvalue weighted by Gasteiger charge is 2.45. The average molecular weight is 284 g/mol. The van der Waals surface area contributed by atoms with E-state index in [9.17, 15) is 4.79 Å². The zero-order valence-electron chi connectivity index (χ0n) is 12.7. The Morgan fingerprint density at radius 1 is 1.43 bits per heavy atom. The van der Waals surface area contributed by atoms with Crippen LogP contribution in [0.25, 0.3) is 4.85 Å². The summed E-state index contributed by atoms with van der Waals surface area (Å²) in [4.78, 5) is 17.9. The Kier molecular flexibility index (Phi) is 3.16. The summed E-state index contributed by atoms with van der Waals surface area (Å²) in [5.41, 5.74) is 2.51. The summed E-state index contributed by atoms with van der Waals surface area (Å²) in [6, 6.07) is 5.92. The lowest BCUT2D eigenvalue weighted by Crippen LogP contribution is -2.36. The second-order valence-corrected chi connectivity index (χ2v) is 6.83. The fraction of sp³-hybridized carbons (Fsp3) is 0.529. The molecule has 1 saturated heterocycles. The van der Waals surface area contributed by atoms with Crippen molar-refractivity contribution in [2.75, 3.05) is 6.54 Å². The molecule has 110 valence electrons. The lowest BCUT2D eigenvalue weighted by molar-refractivity contribution is 0.0213. The van der Waals surface area contributed by atoms with Crippen LogP contribution in [0.3, 0.4) is 0 Å². The lowest BCUT2D eigenvalue weighted by atomic mass is 10.0. The Labute approximate surface area is 125 Å². The van der Waals surface area contributed by atoms with Crippen LogP contribution in [0, 0.1) is 12.5 Å². The first kappa shape index (κ1) is 13.9. The van der Waals surface area contributed by atoms with Crippen LogP contribution in [-0.2, 0) is 11.2 Å². The maximum Gasteiger partial charge on any atom is 0.410 e. The van der Waals surface area contributed by atoms with E-state index in [1.54, 1.807) is 0 Å². The molecule has 4 nitrogen and oxygen atoms in total. The fourth-order valence-electron chi connectivity index (χ4n) is 3.48. The van der Waals surface area contributed by atoms with Crippen LogP contribution < -0.4 is 0 Å². The molecule has 1 aromatic carbocycles. The van der Waals surface area contributed by atoms with Crippen LogP contribution in [0.5, 0.6) is 0 Å². The van der Waals surface area contributed by atoms with E-state index in [1.807, 2.05) is 37.8 Å². The van der Waals surface area contributed by atoms with Crippen molar-refractivity contribution in [2.45, 2.75) is 45.3 Å². The van der Waals surface area contributed by atoms with Gasteiger partial charge in [-0.1, -0.05) is 18.2 Å². The van der Waals surface area contributed by atoms with Crippen LogP contribution in [0.4, 0.5) is 10.5 Å². The number of hydrogen-bond acceptors (Lipinski definition) is 2. The first-order valence-corrected chi connectivity index (χ1v) is 7.39. The highest BCUT2D eigenvalue weighted by atomic mass is 16.6. The van der Waals surface area contributed by atoms with Crippen molar-refractivity contribution >= 4 is 11.8 Å². The minimum Gasteiger partial charge on any atom is -0.444 e. The largest absolute Gasteiger partial charge is 0.444 e. The molecule has 1 amide bonds. The van der Waals surface area contributed by atoms with Crippen molar-refractivity contribution in [1.82, 2.24) is 4.90 Å². The number of carbonyl (C=O) groups is 1. The summed E-state index contributed by atoms with van der Waals surface area (Å²) >= 11 is 0. The van der Waals surface area contributed by atoms with Gasteiger partial charge in [-0.05, 0) is 50.7 Å². The monoisotopic (exact) mass is 284 g/mol. The molecule has 1 heterocycles. The van der Waals surface area contributed by atoms with E-state index < -0.39 is 5.60 Å². The molecule has 0 bridgehead atoms. The Morgan fingerprint density at radius 3 is 2.86 bits per heavy atom. The highest BCUT2D eigenvalue weighted by Crippen LogP contribution is 2.49. The van der Waals surface area contributed by atoms with Crippen molar-refractivity contribution in [3.05, 3.63) is 40.7 Å². The quantitative estimate of drug-likeness (QED) is 0.672. The zero-order valence-corrected chi connectivity index (χ0v) is 12.7. The van der Waals surface area contributed by atoms with E-state index >= 15 is 0 Å². The molecule has 1 fully saturated rings. The molecule has 0 radical (unpaired) electrons. The smallest absolute Gasteiger partial charge is 0.410 e. The Morgan fingerprint density at radius 2 is 2.19 bits per heavy atom. The summed E-state index contributed by atoms with van der Waals surface area (Å²) in [6.45, 7) is 13.7. The van der Waals surface area contributed by atoms with Gasteiger partial charge in [0.1, 0.15) is 5.60 Å². The van der Waals surface area contributed by atoms with Crippen molar-refractivity contribution in [2.24, 2.45) is 5.92 Å². The van der Waals surface area contributed by atoms with E-state index in [4.69, 9.17) is 11.3 Å². The molecule has 0 spiro atoms. The molecule has 4 heteroatoms. The normalized spacial score (nSPS) is 23.4. The lowest BCUT2D eigenvalue weighted by Gasteiger charge is -2.29. The van der Waals surface area contributed by atoms with Gasteiger partial charge in [0.25, 0.3) is 0 Å². The van der Waals surface area contributed by atoms with E-state index in [2.05, 4.69) is 10.9 Å². The molecule has 2 aliphatic rings. The molecule has 2 unspecified atom stereocenters. The predicted octanol–water partition coefficient (Wildman–Crippen LogP) is 4.09. The molecule has 2 atom stereocenters. The summed E-state index contributed by atoms with van der Waals surface area (Å²) in [5.74, 6) is 0.426. The number of ether oxygens (including phenoxy) is 1. The third kappa shape index (κ3) is 2.37. The number of rotatable bonds is 0. The van der Waals surface area contributed by atoms with Gasteiger partial charge in [0.2, 0.25) is 0 Å². The predicted molar refractivity (Wildman–Crippen MR) is 80.2 cm³/mol. The number of amides is 1. The van der Waals surface area contributed by atoms with Gasteiger partial charge in [-0.3, -0.25) is 0 Å². The van der Waals surface area contributed by atoms with Gasteiger partial charge in [0.05, 0.1) is 12.6 Å². The van der Waals surface area contributed by atoms with Gasteiger partial charge in [-0.25, -0.2) is 9.64 Å². The summed E-state index contributed by atoms with van der Waals surface area (Å²) in [7, 11) is 0. The molecule has 0 aromatic heterocycles. The average Bonchev–Trinajstić information content (AvgIpc) is 2.94. The molecule has 1 aliphatic carbocycles. The second-order valence-electron chi connectivity index (χ2n) is 6.83. The molecular weight excluding hydrogens is 264 g/mol. The minimum atomic E-state index is -0.477. The van der Waals surface area contributed by atoms with E-state index in [0.29, 0.717) is 5.92 Å². The van der Waals surface area contributed by atoms with Crippen LogP contribution in [0.1, 0.15) is 44.4 Å². The molecule has 0 N–H and O–H groups in total. The van der Waals surface area contributed by atoms with Crippen molar-refractivity contribution in [3.8, 4) is 0 Å². The van der Waals surface area contributed by atoms with E-state index in [-0.39, 0.29) is 12.1 Å². The first-order valence-electron chi connectivity index (χ1n) is 7.39. The molecule has 1 aromatic rings. The van der Waals surface area contributed by atoms with Gasteiger partial charge < -0.3 is 9.64 Å². The molecule has 1 aliphatic heterocycles. The van der Waals surface area contributed by atoms with E-state index in [0.717, 1.165) is 36.2 Å². The second kappa shape index (κ2) is 4.77. The number of carbonyl (C=O) groups excluding carboxylic acids is 1. The van der Waals surface area contributed by atoms with Gasteiger partial charge >= 0.3 is 6.09 Å². The third-order valence-electron chi connectivity index (χ3n) is 4.24. The van der Waals surface area contributed by atoms with Crippen molar-refractivity contribution < 1.29 is 9.53 Å². The SMILES string of the molecule is [C-]#[N+]c1cccc2c1CC1CCN(C(=O)OC(C)(C)C)C21. The maximum atomic E-state index is 12.4. The van der Waals surface area contributed by atoms with Crippen LogP contribution >= 0.6 is 0 Å². The van der Waals surface area contributed by atoms with Gasteiger partial charge in [0.15, 0.2) is 5.69 Å². The standard InChI is InChI=1S/C17H20N2O2/c1-17(2,3)21-16(20)19-9-8-11-10-13-12(15(11)19)6-5-7-14(13)18-4/h5-7,11,15H,8-10H2,1-3H3. The van der Waals surface area contributed by atoms with Crippen molar-refractivity contribution in [1.29, 1.82) is 0 Å². The topological polar surface area (TPSA) is 33.9 Å². The number of fused-ring (bicyclic) bond motifs is 3. The van der Waals surface area contributed by atoms with Gasteiger partial charge in [0, 0.05) is 6.54 Å². The Balaban J connectivity index is 1.91. The van der Waals surface area contributed by atoms with Gasteiger partial charge in [-0.2, -0.15) is 0 Å². The number of likely N-dealkylation sites (tertiary alicyclic amines) is 1.